The molecule has 1 fully saturated rings. The number of nitrogens with one attached hydrogen (secondary N) is 2. The number of benzene rings is 1. The Bertz CT molecular complexity index is 690. The van der Waals surface area contributed by atoms with Gasteiger partial charge in [-0.3, -0.25) is 4.72 Å². The van der Waals surface area contributed by atoms with Crippen molar-refractivity contribution in [3.05, 3.63) is 46.7 Å². The summed E-state index contributed by atoms with van der Waals surface area (Å²) < 4.78 is 24.9. The van der Waals surface area contributed by atoms with Crippen molar-refractivity contribution in [2.75, 3.05) is 16.3 Å². The van der Waals surface area contributed by atoms with Gasteiger partial charge in [-0.05, 0) is 54.5 Å². The molecule has 1 aliphatic rings. The zero-order chi connectivity index (χ0) is 14.9. The first-order valence-corrected chi connectivity index (χ1v) is 9.66. The number of hydrogen-bond acceptors (Lipinski definition) is 4. The molecule has 0 radical (unpaired) electrons. The summed E-state index contributed by atoms with van der Waals surface area (Å²) in [4.78, 5) is 1.36. The predicted octanol–water partition coefficient (Wildman–Crippen LogP) is 3.68. The minimum absolute atomic E-state index is 0.360. The maximum atomic E-state index is 11.2. The van der Waals surface area contributed by atoms with Gasteiger partial charge >= 0.3 is 0 Å². The van der Waals surface area contributed by atoms with Gasteiger partial charge in [-0.1, -0.05) is 6.07 Å². The molecule has 0 amide bonds. The summed E-state index contributed by atoms with van der Waals surface area (Å²) in [5, 5.41) is 5.67. The molecule has 0 saturated heterocycles. The van der Waals surface area contributed by atoms with Gasteiger partial charge in [0.05, 0.1) is 12.3 Å². The van der Waals surface area contributed by atoms with Crippen molar-refractivity contribution < 1.29 is 8.42 Å². The molecular formula is C15H18N2O2S2. The second-order valence-corrected chi connectivity index (χ2v) is 8.15. The van der Waals surface area contributed by atoms with Crippen LogP contribution in [0.25, 0.3) is 0 Å². The molecule has 6 heteroatoms. The highest BCUT2D eigenvalue weighted by molar-refractivity contribution is 7.92. The first-order chi connectivity index (χ1) is 10.0. The molecule has 1 aromatic heterocycles. The van der Waals surface area contributed by atoms with Crippen LogP contribution in [-0.2, 0) is 10.0 Å². The van der Waals surface area contributed by atoms with Crippen LogP contribution in [0.2, 0.25) is 0 Å². The van der Waals surface area contributed by atoms with E-state index in [0.717, 1.165) is 11.9 Å². The molecule has 21 heavy (non-hydrogen) atoms. The fourth-order valence-corrected chi connectivity index (χ4v) is 3.78. The molecule has 2 N–H and O–H groups in total. The Balaban J connectivity index is 1.72. The Labute approximate surface area is 129 Å². The molecule has 3 rings (SSSR count). The van der Waals surface area contributed by atoms with E-state index in [-0.39, 0.29) is 0 Å². The van der Waals surface area contributed by atoms with Gasteiger partial charge in [0.15, 0.2) is 0 Å². The number of hydrogen-bond donors (Lipinski definition) is 2. The number of sulfonamides is 1. The fraction of sp³-hybridized carbons (Fsp3) is 0.333. The van der Waals surface area contributed by atoms with Crippen LogP contribution >= 0.6 is 11.3 Å². The third-order valence-electron chi connectivity index (χ3n) is 3.45. The Kier molecular flexibility index (Phi) is 3.91. The minimum Gasteiger partial charge on any atom is -0.377 e. The van der Waals surface area contributed by atoms with Gasteiger partial charge in [0, 0.05) is 16.3 Å². The van der Waals surface area contributed by atoms with E-state index < -0.39 is 10.0 Å². The normalized spacial score (nSPS) is 16.4. The standard InChI is InChI=1S/C15H18N2O2S2/c1-21(18,19)17-13-8-6-12(7-9-13)16-15(11-4-5-11)14-3-2-10-20-14/h2-3,6-11,15-17H,4-5H2,1H3. The Hall–Kier alpha value is -1.53. The predicted molar refractivity (Wildman–Crippen MR) is 88.3 cm³/mol. The summed E-state index contributed by atoms with van der Waals surface area (Å²) in [7, 11) is -3.22. The SMILES string of the molecule is CS(=O)(=O)Nc1ccc(NC(c2cccs2)C2CC2)cc1. The van der Waals surface area contributed by atoms with Crippen LogP contribution in [0.5, 0.6) is 0 Å². The topological polar surface area (TPSA) is 58.2 Å². The zero-order valence-electron chi connectivity index (χ0n) is 11.7. The average Bonchev–Trinajstić information content (AvgIpc) is 3.11. The van der Waals surface area contributed by atoms with Crippen LogP contribution in [0.15, 0.2) is 41.8 Å². The van der Waals surface area contributed by atoms with Gasteiger partial charge in [-0.25, -0.2) is 8.42 Å². The lowest BCUT2D eigenvalue weighted by Gasteiger charge is -2.18. The highest BCUT2D eigenvalue weighted by Crippen LogP contribution is 2.44. The molecule has 112 valence electrons. The van der Waals surface area contributed by atoms with E-state index in [1.807, 2.05) is 12.1 Å². The highest BCUT2D eigenvalue weighted by Gasteiger charge is 2.32. The lowest BCUT2D eigenvalue weighted by molar-refractivity contribution is 0.607. The molecule has 1 atom stereocenters. The third kappa shape index (κ3) is 3.98. The smallest absolute Gasteiger partial charge is 0.229 e. The molecule has 0 aliphatic heterocycles. The summed E-state index contributed by atoms with van der Waals surface area (Å²) in [6.45, 7) is 0. The number of thiophene rings is 1. The molecule has 1 saturated carbocycles. The van der Waals surface area contributed by atoms with E-state index in [0.29, 0.717) is 17.6 Å². The van der Waals surface area contributed by atoms with Crippen LogP contribution in [0.1, 0.15) is 23.8 Å². The molecular weight excluding hydrogens is 304 g/mol. The summed E-state index contributed by atoms with van der Waals surface area (Å²) in [6.07, 6.45) is 3.69. The minimum atomic E-state index is -3.22. The van der Waals surface area contributed by atoms with Gasteiger partial charge in [-0.2, -0.15) is 0 Å². The van der Waals surface area contributed by atoms with E-state index >= 15 is 0 Å². The molecule has 1 heterocycles. The fourth-order valence-electron chi connectivity index (χ4n) is 2.35. The lowest BCUT2D eigenvalue weighted by atomic mass is 10.1. The van der Waals surface area contributed by atoms with E-state index in [1.165, 1.54) is 17.7 Å². The van der Waals surface area contributed by atoms with Crippen molar-refractivity contribution in [2.45, 2.75) is 18.9 Å². The summed E-state index contributed by atoms with van der Waals surface area (Å²) in [5.41, 5.74) is 1.60. The summed E-state index contributed by atoms with van der Waals surface area (Å²) in [6, 6.07) is 12.0. The molecule has 0 spiro atoms. The first kappa shape index (κ1) is 14.4. The van der Waals surface area contributed by atoms with Crippen LogP contribution in [-0.4, -0.2) is 14.7 Å². The van der Waals surface area contributed by atoms with Gasteiger partial charge in [0.1, 0.15) is 0 Å². The van der Waals surface area contributed by atoms with Crippen LogP contribution in [0, 0.1) is 5.92 Å². The molecule has 4 nitrogen and oxygen atoms in total. The second-order valence-electron chi connectivity index (χ2n) is 5.43. The van der Waals surface area contributed by atoms with E-state index in [9.17, 15) is 8.42 Å². The van der Waals surface area contributed by atoms with Crippen molar-refractivity contribution >= 4 is 32.7 Å². The molecule has 0 bridgehead atoms. The number of anilines is 2. The largest absolute Gasteiger partial charge is 0.377 e. The van der Waals surface area contributed by atoms with Crippen molar-refractivity contribution in [1.29, 1.82) is 0 Å². The van der Waals surface area contributed by atoms with Crippen LogP contribution in [0.3, 0.4) is 0 Å². The average molecular weight is 322 g/mol. The monoisotopic (exact) mass is 322 g/mol. The molecule has 1 aromatic carbocycles. The van der Waals surface area contributed by atoms with Crippen molar-refractivity contribution in [3.63, 3.8) is 0 Å². The van der Waals surface area contributed by atoms with Crippen LogP contribution < -0.4 is 10.0 Å². The third-order valence-corrected chi connectivity index (χ3v) is 5.02. The van der Waals surface area contributed by atoms with Gasteiger partial charge in [0.2, 0.25) is 10.0 Å². The van der Waals surface area contributed by atoms with Crippen molar-refractivity contribution in [3.8, 4) is 0 Å². The second kappa shape index (κ2) is 5.69. The van der Waals surface area contributed by atoms with Gasteiger partial charge < -0.3 is 5.32 Å². The number of rotatable bonds is 6. The maximum absolute atomic E-state index is 11.2. The van der Waals surface area contributed by atoms with Crippen molar-refractivity contribution in [1.82, 2.24) is 0 Å². The van der Waals surface area contributed by atoms with E-state index in [4.69, 9.17) is 0 Å². The first-order valence-electron chi connectivity index (χ1n) is 6.89. The maximum Gasteiger partial charge on any atom is 0.229 e. The van der Waals surface area contributed by atoms with E-state index in [1.54, 1.807) is 23.5 Å². The summed E-state index contributed by atoms with van der Waals surface area (Å²) in [5.74, 6) is 0.706. The van der Waals surface area contributed by atoms with E-state index in [2.05, 4.69) is 27.6 Å². The van der Waals surface area contributed by atoms with Crippen LogP contribution in [0.4, 0.5) is 11.4 Å². The molecule has 2 aromatic rings. The van der Waals surface area contributed by atoms with Gasteiger partial charge in [0.25, 0.3) is 0 Å². The summed E-state index contributed by atoms with van der Waals surface area (Å²) >= 11 is 1.78. The highest BCUT2D eigenvalue weighted by atomic mass is 32.2. The Morgan fingerprint density at radius 1 is 1.14 bits per heavy atom. The molecule has 1 aliphatic carbocycles. The van der Waals surface area contributed by atoms with Crippen molar-refractivity contribution in [2.24, 2.45) is 5.92 Å². The molecule has 1 unspecified atom stereocenters. The Morgan fingerprint density at radius 2 is 1.81 bits per heavy atom. The lowest BCUT2D eigenvalue weighted by Crippen LogP contribution is -2.12. The zero-order valence-corrected chi connectivity index (χ0v) is 13.4. The Morgan fingerprint density at radius 3 is 2.33 bits per heavy atom. The van der Waals surface area contributed by atoms with Gasteiger partial charge in [-0.15, -0.1) is 11.3 Å². The quantitative estimate of drug-likeness (QED) is 0.853.